The molecule has 1 aromatic heterocycles. The van der Waals surface area contributed by atoms with Gasteiger partial charge in [0.1, 0.15) is 0 Å². The predicted molar refractivity (Wildman–Crippen MR) is 79.5 cm³/mol. The molecule has 3 aliphatic rings. The van der Waals surface area contributed by atoms with E-state index in [1.807, 2.05) is 6.20 Å². The quantitative estimate of drug-likeness (QED) is 0.904. The number of morpholine rings is 1. The van der Waals surface area contributed by atoms with E-state index in [9.17, 15) is 13.2 Å². The van der Waals surface area contributed by atoms with Gasteiger partial charge < -0.3 is 15.4 Å². The summed E-state index contributed by atoms with van der Waals surface area (Å²) in [7, 11) is 0. The minimum Gasteiger partial charge on any atom is -0.377 e. The molecule has 3 fully saturated rings. The van der Waals surface area contributed by atoms with E-state index in [1.54, 1.807) is 10.9 Å². The van der Waals surface area contributed by atoms with E-state index >= 15 is 0 Å². The summed E-state index contributed by atoms with van der Waals surface area (Å²) in [5, 5.41) is 4.36. The molecule has 3 atom stereocenters. The van der Waals surface area contributed by atoms with Crippen LogP contribution in [0.15, 0.2) is 12.4 Å². The fourth-order valence-corrected chi connectivity index (χ4v) is 4.08. The molecule has 6 nitrogen and oxygen atoms in total. The van der Waals surface area contributed by atoms with Crippen LogP contribution in [0.4, 0.5) is 18.9 Å². The fourth-order valence-electron chi connectivity index (χ4n) is 4.08. The molecule has 2 aliphatic heterocycles. The van der Waals surface area contributed by atoms with Crippen LogP contribution in [0.3, 0.4) is 0 Å². The summed E-state index contributed by atoms with van der Waals surface area (Å²) in [6.45, 7) is 1.31. The monoisotopic (exact) mass is 346 g/mol. The molecule has 2 N–H and O–H groups in total. The molecular weight excluding hydrogens is 325 g/mol. The summed E-state index contributed by atoms with van der Waals surface area (Å²) in [5.74, 6) is 0. The van der Waals surface area contributed by atoms with E-state index in [1.165, 1.54) is 0 Å². The second-order valence-corrected chi connectivity index (χ2v) is 6.97. The number of nitrogens with two attached hydrogens (primary N) is 1. The number of hydrogen-bond acceptors (Lipinski definition) is 5. The number of fused-ring (bicyclic) bond motifs is 2. The first-order valence-electron chi connectivity index (χ1n) is 8.29. The number of rotatable bonds is 3. The van der Waals surface area contributed by atoms with E-state index in [0.717, 1.165) is 18.5 Å². The lowest BCUT2D eigenvalue weighted by atomic mass is 9.89. The summed E-state index contributed by atoms with van der Waals surface area (Å²) in [6.07, 6.45) is 0.830. The summed E-state index contributed by atoms with van der Waals surface area (Å²) < 4.78 is 48.0. The van der Waals surface area contributed by atoms with Crippen LogP contribution in [0, 0.1) is 0 Å². The third-order valence-electron chi connectivity index (χ3n) is 5.19. The number of aromatic nitrogens is 2. The van der Waals surface area contributed by atoms with Gasteiger partial charge >= 0.3 is 6.36 Å². The van der Waals surface area contributed by atoms with Crippen molar-refractivity contribution < 1.29 is 22.6 Å². The highest BCUT2D eigenvalue weighted by atomic mass is 19.4. The molecular formula is C15H21F3N4O2. The van der Waals surface area contributed by atoms with Gasteiger partial charge in [0.2, 0.25) is 0 Å². The molecule has 1 aliphatic carbocycles. The van der Waals surface area contributed by atoms with Crippen LogP contribution in [-0.2, 0) is 9.47 Å². The number of anilines is 1. The van der Waals surface area contributed by atoms with Gasteiger partial charge in [0.15, 0.2) is 0 Å². The van der Waals surface area contributed by atoms with Crippen molar-refractivity contribution in [3.05, 3.63) is 12.4 Å². The molecule has 24 heavy (non-hydrogen) atoms. The highest BCUT2D eigenvalue weighted by Crippen LogP contribution is 2.39. The molecule has 2 unspecified atom stereocenters. The second kappa shape index (κ2) is 5.89. The third kappa shape index (κ3) is 3.12. The van der Waals surface area contributed by atoms with Crippen LogP contribution in [0.2, 0.25) is 0 Å². The maximum Gasteiger partial charge on any atom is 0.522 e. The van der Waals surface area contributed by atoms with E-state index in [2.05, 4.69) is 14.7 Å². The third-order valence-corrected chi connectivity index (χ3v) is 5.19. The number of hydrogen-bond donors (Lipinski definition) is 1. The van der Waals surface area contributed by atoms with Crippen molar-refractivity contribution >= 4 is 5.69 Å². The van der Waals surface area contributed by atoms with Crippen molar-refractivity contribution in [1.29, 1.82) is 0 Å². The Morgan fingerprint density at radius 1 is 1.12 bits per heavy atom. The van der Waals surface area contributed by atoms with Crippen LogP contribution in [0.25, 0.3) is 0 Å². The van der Waals surface area contributed by atoms with Crippen LogP contribution < -0.4 is 10.6 Å². The van der Waals surface area contributed by atoms with Crippen molar-refractivity contribution in [2.24, 2.45) is 5.73 Å². The highest BCUT2D eigenvalue weighted by Gasteiger charge is 2.42. The summed E-state index contributed by atoms with van der Waals surface area (Å²) in [6, 6.07) is 0.650. The molecule has 0 amide bonds. The van der Waals surface area contributed by atoms with E-state index in [-0.39, 0.29) is 24.2 Å². The van der Waals surface area contributed by atoms with Gasteiger partial charge in [-0.05, 0) is 25.7 Å². The normalized spacial score (nSPS) is 36.5. The van der Waals surface area contributed by atoms with Gasteiger partial charge in [-0.3, -0.25) is 9.42 Å². The van der Waals surface area contributed by atoms with Crippen molar-refractivity contribution in [2.75, 3.05) is 18.1 Å². The van der Waals surface area contributed by atoms with Crippen molar-refractivity contribution in [1.82, 2.24) is 9.78 Å². The molecule has 0 spiro atoms. The van der Waals surface area contributed by atoms with Gasteiger partial charge in [-0.15, -0.1) is 13.2 Å². The number of piperidine rings is 1. The Balaban J connectivity index is 1.41. The topological polar surface area (TPSA) is 65.5 Å². The molecule has 3 heterocycles. The zero-order valence-electron chi connectivity index (χ0n) is 13.2. The smallest absolute Gasteiger partial charge is 0.377 e. The minimum atomic E-state index is -4.56. The molecule has 4 rings (SSSR count). The van der Waals surface area contributed by atoms with Crippen LogP contribution in [0.5, 0.6) is 0 Å². The van der Waals surface area contributed by atoms with E-state index < -0.39 is 12.5 Å². The number of halogens is 3. The predicted octanol–water partition coefficient (Wildman–Crippen LogP) is 1.82. The Morgan fingerprint density at radius 2 is 1.79 bits per heavy atom. The maximum atomic E-state index is 12.2. The van der Waals surface area contributed by atoms with Gasteiger partial charge in [0.25, 0.3) is 0 Å². The first-order valence-corrected chi connectivity index (χ1v) is 8.29. The van der Waals surface area contributed by atoms with Crippen LogP contribution in [-0.4, -0.2) is 53.6 Å². The lowest BCUT2D eigenvalue weighted by Gasteiger charge is -2.48. The minimum absolute atomic E-state index is 0.0331. The Labute approximate surface area is 137 Å². The standard InChI is InChI=1S/C15H21F3N4O2/c16-15(17,18)24-14-3-10(4-14)21-6-13(5-20-21)22-11-1-9(19)2-12(22)8-23-7-11/h5-6,9-12,14H,1-4,7-8,19H2/t9?,10?,11-,12?,14?/m0/s1. The van der Waals surface area contributed by atoms with Gasteiger partial charge in [0, 0.05) is 12.2 Å². The number of alkyl halides is 3. The second-order valence-electron chi connectivity index (χ2n) is 6.97. The SMILES string of the molecule is NC1CC2COC[C@H](C1)N2c1cnn(C2CC(OC(F)(F)F)C2)c1. The lowest BCUT2D eigenvalue weighted by molar-refractivity contribution is -0.353. The Bertz CT molecular complexity index is 574. The molecule has 134 valence electrons. The number of ether oxygens (including phenoxy) is 2. The van der Waals surface area contributed by atoms with Gasteiger partial charge in [-0.25, -0.2) is 0 Å². The number of nitrogens with zero attached hydrogens (tertiary/aromatic N) is 3. The molecule has 2 saturated heterocycles. The van der Waals surface area contributed by atoms with E-state index in [4.69, 9.17) is 10.5 Å². The van der Waals surface area contributed by atoms with Gasteiger partial charge in [-0.2, -0.15) is 5.10 Å². The zero-order valence-corrected chi connectivity index (χ0v) is 13.2. The van der Waals surface area contributed by atoms with Crippen LogP contribution >= 0.6 is 0 Å². The highest BCUT2D eigenvalue weighted by molar-refractivity contribution is 5.47. The summed E-state index contributed by atoms with van der Waals surface area (Å²) in [5.41, 5.74) is 7.11. The first-order chi connectivity index (χ1) is 11.4. The Kier molecular flexibility index (Phi) is 3.97. The molecule has 2 bridgehead atoms. The zero-order chi connectivity index (χ0) is 16.9. The molecule has 9 heteroatoms. The Morgan fingerprint density at radius 3 is 2.42 bits per heavy atom. The van der Waals surface area contributed by atoms with Gasteiger partial charge in [-0.1, -0.05) is 0 Å². The molecule has 1 saturated carbocycles. The molecule has 0 aromatic carbocycles. The largest absolute Gasteiger partial charge is 0.522 e. The fraction of sp³-hybridized carbons (Fsp3) is 0.800. The van der Waals surface area contributed by atoms with E-state index in [0.29, 0.717) is 26.1 Å². The first kappa shape index (κ1) is 16.2. The average molecular weight is 346 g/mol. The van der Waals surface area contributed by atoms with Crippen LogP contribution in [0.1, 0.15) is 31.7 Å². The Hall–Kier alpha value is -1.32. The molecule has 1 aromatic rings. The maximum absolute atomic E-state index is 12.2. The van der Waals surface area contributed by atoms with Gasteiger partial charge in [0.05, 0.1) is 49.3 Å². The average Bonchev–Trinajstić information content (AvgIpc) is 2.89. The summed E-state index contributed by atoms with van der Waals surface area (Å²) in [4.78, 5) is 2.32. The van der Waals surface area contributed by atoms with Crippen molar-refractivity contribution in [2.45, 2.75) is 62.3 Å². The molecule has 0 radical (unpaired) electrons. The summed E-state index contributed by atoms with van der Waals surface area (Å²) >= 11 is 0. The van der Waals surface area contributed by atoms with Crippen molar-refractivity contribution in [3.8, 4) is 0 Å². The lowest BCUT2D eigenvalue weighted by Crippen LogP contribution is -2.59. The van der Waals surface area contributed by atoms with Crippen molar-refractivity contribution in [3.63, 3.8) is 0 Å².